The van der Waals surface area contributed by atoms with Crippen LogP contribution in [0.4, 0.5) is 0 Å². The van der Waals surface area contributed by atoms with Gasteiger partial charge in [0.2, 0.25) is 10.0 Å². The van der Waals surface area contributed by atoms with E-state index in [1.165, 1.54) is 29.6 Å². The van der Waals surface area contributed by atoms with E-state index < -0.39 is 15.9 Å². The summed E-state index contributed by atoms with van der Waals surface area (Å²) in [4.78, 5) is 12.8. The van der Waals surface area contributed by atoms with Crippen LogP contribution in [0, 0.1) is 0 Å². The maximum absolute atomic E-state index is 12.9. The van der Waals surface area contributed by atoms with Crippen LogP contribution >= 0.6 is 0 Å². The van der Waals surface area contributed by atoms with Gasteiger partial charge >= 0.3 is 0 Å². The minimum Gasteiger partial charge on any atom is -0.496 e. The Morgan fingerprint density at radius 2 is 1.76 bits per heavy atom. The predicted molar refractivity (Wildman–Crippen MR) is 107 cm³/mol. The fraction of sp³-hybridized carbons (Fsp3) is 0.350. The van der Waals surface area contributed by atoms with E-state index in [2.05, 4.69) is 5.32 Å². The third-order valence-corrected chi connectivity index (χ3v) is 6.55. The van der Waals surface area contributed by atoms with Crippen molar-refractivity contribution in [3.63, 3.8) is 0 Å². The molecular weight excluding hydrogens is 396 g/mol. The van der Waals surface area contributed by atoms with E-state index in [9.17, 15) is 13.2 Å². The zero-order chi connectivity index (χ0) is 20.9. The van der Waals surface area contributed by atoms with Crippen molar-refractivity contribution in [3.05, 3.63) is 53.6 Å². The molecule has 0 radical (unpaired) electrons. The number of nitrogens with one attached hydrogen (secondary N) is 1. The summed E-state index contributed by atoms with van der Waals surface area (Å²) in [5.41, 5.74) is 0.955. The van der Waals surface area contributed by atoms with Crippen molar-refractivity contribution < 1.29 is 27.4 Å². The second-order valence-corrected chi connectivity index (χ2v) is 8.31. The summed E-state index contributed by atoms with van der Waals surface area (Å²) < 4.78 is 42.9. The van der Waals surface area contributed by atoms with E-state index in [1.54, 1.807) is 13.2 Å². The average molecular weight is 420 g/mol. The molecule has 0 bridgehead atoms. The molecule has 156 valence electrons. The van der Waals surface area contributed by atoms with Crippen LogP contribution in [-0.4, -0.2) is 59.2 Å². The third kappa shape index (κ3) is 4.69. The zero-order valence-electron chi connectivity index (χ0n) is 16.4. The molecule has 8 nitrogen and oxygen atoms in total. The minimum atomic E-state index is -3.72. The highest BCUT2D eigenvalue weighted by atomic mass is 32.2. The number of amides is 1. The number of hydrogen-bond acceptors (Lipinski definition) is 6. The van der Waals surface area contributed by atoms with E-state index >= 15 is 0 Å². The number of methoxy groups -OCH3 is 2. The summed E-state index contributed by atoms with van der Waals surface area (Å²) in [6, 6.07) is 11.6. The standard InChI is InChI=1S/C20H24N2O6S/c1-26-18-6-4-3-5-15(18)14-21-20(23)17-13-16(7-8-19(17)27-2)29(24,25)22-9-11-28-12-10-22/h3-8,13H,9-12,14H2,1-2H3,(H,21,23). The zero-order valence-corrected chi connectivity index (χ0v) is 17.2. The van der Waals surface area contributed by atoms with E-state index in [-0.39, 0.29) is 30.1 Å². The van der Waals surface area contributed by atoms with Crippen LogP contribution in [0.25, 0.3) is 0 Å². The van der Waals surface area contributed by atoms with Crippen molar-refractivity contribution in [2.24, 2.45) is 0 Å². The van der Waals surface area contributed by atoms with Gasteiger partial charge in [0.25, 0.3) is 5.91 Å². The number of morpholine rings is 1. The Labute approximate surface area is 170 Å². The molecular formula is C20H24N2O6S. The lowest BCUT2D eigenvalue weighted by Crippen LogP contribution is -2.40. The van der Waals surface area contributed by atoms with E-state index in [4.69, 9.17) is 14.2 Å². The highest BCUT2D eigenvalue weighted by Crippen LogP contribution is 2.25. The molecule has 29 heavy (non-hydrogen) atoms. The Kier molecular flexibility index (Phi) is 6.73. The van der Waals surface area contributed by atoms with Crippen molar-refractivity contribution in [1.82, 2.24) is 9.62 Å². The first-order chi connectivity index (χ1) is 14.0. The topological polar surface area (TPSA) is 94.2 Å². The van der Waals surface area contributed by atoms with Gasteiger partial charge in [0.15, 0.2) is 0 Å². The lowest BCUT2D eigenvalue weighted by molar-refractivity contribution is 0.0730. The molecule has 0 aliphatic carbocycles. The number of nitrogens with zero attached hydrogens (tertiary/aromatic N) is 1. The number of carbonyl (C=O) groups is 1. The van der Waals surface area contributed by atoms with Crippen molar-refractivity contribution >= 4 is 15.9 Å². The van der Waals surface area contributed by atoms with Gasteiger partial charge in [-0.05, 0) is 24.3 Å². The Morgan fingerprint density at radius 3 is 2.45 bits per heavy atom. The Balaban J connectivity index is 1.84. The van der Waals surface area contributed by atoms with Gasteiger partial charge in [-0.1, -0.05) is 18.2 Å². The smallest absolute Gasteiger partial charge is 0.255 e. The Hall–Kier alpha value is -2.62. The lowest BCUT2D eigenvalue weighted by atomic mass is 10.1. The molecule has 3 rings (SSSR count). The molecule has 0 aromatic heterocycles. The normalized spacial score (nSPS) is 15.0. The molecule has 1 aliphatic heterocycles. The van der Waals surface area contributed by atoms with Gasteiger partial charge in [-0.25, -0.2) is 8.42 Å². The molecule has 1 amide bonds. The second kappa shape index (κ2) is 9.25. The summed E-state index contributed by atoms with van der Waals surface area (Å²) >= 11 is 0. The van der Waals surface area contributed by atoms with Crippen molar-refractivity contribution in [2.75, 3.05) is 40.5 Å². The average Bonchev–Trinajstić information content (AvgIpc) is 2.77. The maximum Gasteiger partial charge on any atom is 0.255 e. The number of benzene rings is 2. The predicted octanol–water partition coefficient (Wildman–Crippen LogP) is 1.65. The molecule has 2 aromatic carbocycles. The molecule has 1 fully saturated rings. The molecule has 1 aliphatic rings. The molecule has 9 heteroatoms. The fourth-order valence-corrected chi connectivity index (χ4v) is 4.52. The molecule has 2 aromatic rings. The monoisotopic (exact) mass is 420 g/mol. The second-order valence-electron chi connectivity index (χ2n) is 6.37. The molecule has 1 N–H and O–H groups in total. The fourth-order valence-electron chi connectivity index (χ4n) is 3.08. The third-order valence-electron chi connectivity index (χ3n) is 4.66. The number of para-hydroxylation sites is 1. The minimum absolute atomic E-state index is 0.0441. The van der Waals surface area contributed by atoms with Crippen LogP contribution in [0.3, 0.4) is 0 Å². The van der Waals surface area contributed by atoms with Crippen LogP contribution in [0.1, 0.15) is 15.9 Å². The van der Waals surface area contributed by atoms with Gasteiger partial charge in [0.1, 0.15) is 11.5 Å². The first-order valence-electron chi connectivity index (χ1n) is 9.13. The van der Waals surface area contributed by atoms with Crippen molar-refractivity contribution in [2.45, 2.75) is 11.4 Å². The summed E-state index contributed by atoms with van der Waals surface area (Å²) in [6.07, 6.45) is 0. The summed E-state index contributed by atoms with van der Waals surface area (Å²) in [5.74, 6) is 0.513. The maximum atomic E-state index is 12.9. The SMILES string of the molecule is COc1ccccc1CNC(=O)c1cc(S(=O)(=O)N2CCOCC2)ccc1OC. The van der Waals surface area contributed by atoms with Crippen LogP contribution in [0.5, 0.6) is 11.5 Å². The highest BCUT2D eigenvalue weighted by Gasteiger charge is 2.28. The van der Waals surface area contributed by atoms with Gasteiger partial charge in [-0.2, -0.15) is 4.31 Å². The summed E-state index contributed by atoms with van der Waals surface area (Å²) in [7, 11) is -0.731. The Morgan fingerprint density at radius 1 is 1.07 bits per heavy atom. The van der Waals surface area contributed by atoms with Crippen LogP contribution in [0.2, 0.25) is 0 Å². The number of sulfonamides is 1. The van der Waals surface area contributed by atoms with E-state index in [0.717, 1.165) is 5.56 Å². The number of hydrogen-bond donors (Lipinski definition) is 1. The van der Waals surface area contributed by atoms with Crippen LogP contribution in [0.15, 0.2) is 47.4 Å². The summed E-state index contributed by atoms with van der Waals surface area (Å²) in [6.45, 7) is 1.49. The quantitative estimate of drug-likeness (QED) is 0.732. The molecule has 0 unspecified atom stereocenters. The lowest BCUT2D eigenvalue weighted by Gasteiger charge is -2.26. The van der Waals surface area contributed by atoms with Gasteiger partial charge in [0, 0.05) is 25.2 Å². The molecule has 0 spiro atoms. The number of ether oxygens (including phenoxy) is 3. The summed E-state index contributed by atoms with van der Waals surface area (Å²) in [5, 5.41) is 2.80. The first-order valence-corrected chi connectivity index (χ1v) is 10.6. The van der Waals surface area contributed by atoms with Gasteiger partial charge in [-0.15, -0.1) is 0 Å². The van der Waals surface area contributed by atoms with Gasteiger partial charge in [0.05, 0.1) is 37.9 Å². The van der Waals surface area contributed by atoms with Crippen molar-refractivity contribution in [1.29, 1.82) is 0 Å². The van der Waals surface area contributed by atoms with Crippen LogP contribution < -0.4 is 14.8 Å². The molecule has 1 heterocycles. The Bertz CT molecular complexity index is 971. The molecule has 0 atom stereocenters. The number of carbonyl (C=O) groups excluding carboxylic acids is 1. The largest absolute Gasteiger partial charge is 0.496 e. The van der Waals surface area contributed by atoms with Gasteiger partial charge < -0.3 is 19.5 Å². The molecule has 0 saturated carbocycles. The highest BCUT2D eigenvalue weighted by molar-refractivity contribution is 7.89. The number of rotatable bonds is 7. The van der Waals surface area contributed by atoms with Crippen molar-refractivity contribution in [3.8, 4) is 11.5 Å². The van der Waals surface area contributed by atoms with Crippen LogP contribution in [-0.2, 0) is 21.3 Å². The first kappa shape index (κ1) is 21.1. The van der Waals surface area contributed by atoms with E-state index in [0.29, 0.717) is 24.7 Å². The molecule has 1 saturated heterocycles. The van der Waals surface area contributed by atoms with E-state index in [1.807, 2.05) is 18.2 Å². The van der Waals surface area contributed by atoms with Gasteiger partial charge in [-0.3, -0.25) is 4.79 Å².